The fourth-order valence-corrected chi connectivity index (χ4v) is 6.86. The number of carbonyl (C=O) groups is 2. The van der Waals surface area contributed by atoms with Crippen molar-refractivity contribution in [2.24, 2.45) is 22.9 Å². The third kappa shape index (κ3) is 19.6. The summed E-state index contributed by atoms with van der Waals surface area (Å²) in [5.74, 6) is 1.41. The molecule has 54 heavy (non-hydrogen) atoms. The molecule has 0 spiro atoms. The Bertz CT molecular complexity index is 1170. The van der Waals surface area contributed by atoms with E-state index in [1.165, 1.54) is 51.4 Å². The van der Waals surface area contributed by atoms with Crippen LogP contribution in [0.2, 0.25) is 0 Å². The second-order valence-corrected chi connectivity index (χ2v) is 15.0. The van der Waals surface area contributed by atoms with Crippen molar-refractivity contribution < 1.29 is 19.1 Å². The smallest absolute Gasteiger partial charge is 0.239 e. The van der Waals surface area contributed by atoms with E-state index in [1.807, 2.05) is 34.1 Å². The monoisotopic (exact) mass is 755 g/mol. The largest absolute Gasteiger partial charge is 0.490 e. The van der Waals surface area contributed by atoms with Crippen LogP contribution in [-0.2, 0) is 9.59 Å². The molecule has 0 bridgehead atoms. The van der Waals surface area contributed by atoms with E-state index >= 15 is 0 Å². The van der Waals surface area contributed by atoms with Crippen LogP contribution in [0.25, 0.3) is 10.8 Å². The summed E-state index contributed by atoms with van der Waals surface area (Å²) in [4.78, 5) is 30.7. The van der Waals surface area contributed by atoms with Gasteiger partial charge in [0.2, 0.25) is 11.8 Å². The zero-order chi connectivity index (χ0) is 39.2. The zero-order valence-corrected chi connectivity index (χ0v) is 34.3. The average molecular weight is 755 g/mol. The molecule has 2 atom stereocenters. The molecule has 0 aliphatic heterocycles. The Morgan fingerprint density at radius 2 is 0.907 bits per heavy atom. The van der Waals surface area contributed by atoms with Crippen LogP contribution in [0.15, 0.2) is 36.4 Å². The van der Waals surface area contributed by atoms with Gasteiger partial charge in [0.15, 0.2) is 11.5 Å². The van der Waals surface area contributed by atoms with E-state index in [4.69, 9.17) is 32.4 Å². The first-order valence-corrected chi connectivity index (χ1v) is 21.6. The maximum Gasteiger partial charge on any atom is 0.239 e. The number of fused-ring (bicyclic) bond motifs is 1. The SMILES string of the molecule is CCCCCCCCN(CCCOc1cc2ccccc2cc1OCCCN(CCCCCCCC)C(=O)[C@@H](N)CCCCN)C(=O)[C@@H](N)CCCCN. The van der Waals surface area contributed by atoms with Crippen molar-refractivity contribution in [1.82, 2.24) is 9.80 Å². The molecule has 2 aromatic carbocycles. The van der Waals surface area contributed by atoms with E-state index in [-0.39, 0.29) is 11.8 Å². The van der Waals surface area contributed by atoms with Gasteiger partial charge in [-0.2, -0.15) is 0 Å². The van der Waals surface area contributed by atoms with Gasteiger partial charge in [-0.1, -0.05) is 115 Å². The lowest BCUT2D eigenvalue weighted by Crippen LogP contribution is -2.45. The summed E-state index contributed by atoms with van der Waals surface area (Å²) < 4.78 is 12.8. The number of unbranched alkanes of at least 4 members (excludes halogenated alkanes) is 12. The van der Waals surface area contributed by atoms with E-state index in [1.54, 1.807) is 0 Å². The fourth-order valence-electron chi connectivity index (χ4n) is 6.86. The molecule has 0 unspecified atom stereocenters. The van der Waals surface area contributed by atoms with Crippen LogP contribution in [-0.4, -0.2) is 86.2 Å². The lowest BCUT2D eigenvalue weighted by molar-refractivity contribution is -0.133. The minimum atomic E-state index is -0.498. The molecule has 0 aliphatic rings. The number of rotatable bonds is 34. The number of ether oxygens (including phenoxy) is 2. The standard InChI is InChI=1S/C44H78N6O4/c1-3-5-7-9-11-19-29-49(43(51)39(47)25-15-17-27-45)31-21-33-53-41-35-37-23-13-14-24-38(37)36-42(41)54-34-22-32-50(30-20-12-10-8-6-4-2)44(52)40(48)26-16-18-28-46/h13-14,23-24,35-36,39-40H,3-12,15-22,25-34,45-48H2,1-2H3/t39-,40-/m0/s1. The summed E-state index contributed by atoms with van der Waals surface area (Å²) in [7, 11) is 0. The predicted octanol–water partition coefficient (Wildman–Crippen LogP) is 7.67. The molecule has 0 aromatic heterocycles. The van der Waals surface area contributed by atoms with Gasteiger partial charge in [-0.25, -0.2) is 0 Å². The van der Waals surface area contributed by atoms with Gasteiger partial charge in [-0.3, -0.25) is 9.59 Å². The van der Waals surface area contributed by atoms with Gasteiger partial charge in [-0.05, 0) is 87.4 Å². The quantitative estimate of drug-likeness (QED) is 0.0529. The first-order valence-electron chi connectivity index (χ1n) is 21.6. The first-order chi connectivity index (χ1) is 26.4. The van der Waals surface area contributed by atoms with Crippen LogP contribution in [0.1, 0.15) is 142 Å². The van der Waals surface area contributed by atoms with E-state index in [9.17, 15) is 9.59 Å². The van der Waals surface area contributed by atoms with Crippen LogP contribution >= 0.6 is 0 Å². The summed E-state index contributed by atoms with van der Waals surface area (Å²) in [6, 6.07) is 11.3. The Morgan fingerprint density at radius 3 is 1.30 bits per heavy atom. The van der Waals surface area contributed by atoms with Gasteiger partial charge in [-0.15, -0.1) is 0 Å². The third-order valence-corrected chi connectivity index (χ3v) is 10.2. The van der Waals surface area contributed by atoms with Gasteiger partial charge in [0, 0.05) is 26.2 Å². The maximum atomic E-state index is 13.4. The lowest BCUT2D eigenvalue weighted by Gasteiger charge is -2.26. The highest BCUT2D eigenvalue weighted by molar-refractivity contribution is 5.86. The average Bonchev–Trinajstić information content (AvgIpc) is 3.18. The van der Waals surface area contributed by atoms with Gasteiger partial charge in [0.1, 0.15) is 0 Å². The number of benzene rings is 2. The van der Waals surface area contributed by atoms with Crippen LogP contribution in [0.4, 0.5) is 0 Å². The molecular weight excluding hydrogens is 677 g/mol. The Morgan fingerprint density at radius 1 is 0.537 bits per heavy atom. The molecule has 0 aliphatic carbocycles. The molecule has 10 heteroatoms. The Kier molecular flexibility index (Phi) is 26.5. The fraction of sp³-hybridized carbons (Fsp3) is 0.727. The van der Waals surface area contributed by atoms with Gasteiger partial charge in [0.25, 0.3) is 0 Å². The van der Waals surface area contributed by atoms with Crippen LogP contribution in [0, 0.1) is 0 Å². The normalized spacial score (nSPS) is 12.5. The zero-order valence-electron chi connectivity index (χ0n) is 34.3. The van der Waals surface area contributed by atoms with Crippen molar-refractivity contribution in [3.63, 3.8) is 0 Å². The molecule has 0 fully saturated rings. The molecule has 2 amide bonds. The first kappa shape index (κ1) is 47.2. The molecule has 8 N–H and O–H groups in total. The molecule has 0 saturated heterocycles. The third-order valence-electron chi connectivity index (χ3n) is 10.2. The van der Waals surface area contributed by atoms with Crippen molar-refractivity contribution in [3.05, 3.63) is 36.4 Å². The van der Waals surface area contributed by atoms with Gasteiger partial charge >= 0.3 is 0 Å². The molecule has 0 heterocycles. The topological polar surface area (TPSA) is 163 Å². The summed E-state index contributed by atoms with van der Waals surface area (Å²) in [6.07, 6.45) is 20.2. The van der Waals surface area contributed by atoms with Crippen LogP contribution in [0.5, 0.6) is 11.5 Å². The minimum Gasteiger partial charge on any atom is -0.490 e. The predicted molar refractivity (Wildman–Crippen MR) is 226 cm³/mol. The van der Waals surface area contributed by atoms with Crippen molar-refractivity contribution in [2.75, 3.05) is 52.5 Å². The van der Waals surface area contributed by atoms with Crippen molar-refractivity contribution >= 4 is 22.6 Å². The second-order valence-electron chi connectivity index (χ2n) is 15.0. The highest BCUT2D eigenvalue weighted by Crippen LogP contribution is 2.33. The Balaban J connectivity index is 2.03. The van der Waals surface area contributed by atoms with Gasteiger partial charge in [0.05, 0.1) is 25.3 Å². The number of nitrogens with two attached hydrogens (primary N) is 4. The van der Waals surface area contributed by atoms with E-state index in [0.29, 0.717) is 76.6 Å². The highest BCUT2D eigenvalue weighted by atomic mass is 16.5. The van der Waals surface area contributed by atoms with Crippen molar-refractivity contribution in [3.8, 4) is 11.5 Å². The second kappa shape index (κ2) is 30.3. The number of hydrogen-bond donors (Lipinski definition) is 4. The molecule has 2 rings (SSSR count). The Labute approximate surface area is 328 Å². The van der Waals surface area contributed by atoms with E-state index in [0.717, 1.165) is 75.2 Å². The lowest BCUT2D eigenvalue weighted by atomic mass is 10.1. The molecule has 2 aromatic rings. The number of nitrogens with zero attached hydrogens (tertiary/aromatic N) is 2. The number of carbonyl (C=O) groups excluding carboxylic acids is 2. The highest BCUT2D eigenvalue weighted by Gasteiger charge is 2.22. The number of amides is 2. The molecule has 308 valence electrons. The summed E-state index contributed by atoms with van der Waals surface area (Å²) in [6.45, 7) is 9.19. The summed E-state index contributed by atoms with van der Waals surface area (Å²) in [5, 5.41) is 2.14. The molecule has 0 saturated carbocycles. The molecule has 0 radical (unpaired) electrons. The Hall–Kier alpha value is -2.92. The maximum absolute atomic E-state index is 13.4. The van der Waals surface area contributed by atoms with Crippen molar-refractivity contribution in [2.45, 2.75) is 154 Å². The number of hydrogen-bond acceptors (Lipinski definition) is 8. The molecular formula is C44H78N6O4. The van der Waals surface area contributed by atoms with Crippen LogP contribution in [0.3, 0.4) is 0 Å². The summed E-state index contributed by atoms with van der Waals surface area (Å²) >= 11 is 0. The van der Waals surface area contributed by atoms with Gasteiger partial charge < -0.3 is 42.2 Å². The summed E-state index contributed by atoms with van der Waals surface area (Å²) in [5.41, 5.74) is 24.1. The molecule has 10 nitrogen and oxygen atoms in total. The minimum absolute atomic E-state index is 0.0239. The van der Waals surface area contributed by atoms with E-state index < -0.39 is 12.1 Å². The van der Waals surface area contributed by atoms with E-state index in [2.05, 4.69) is 26.0 Å². The van der Waals surface area contributed by atoms with Crippen molar-refractivity contribution in [1.29, 1.82) is 0 Å². The van der Waals surface area contributed by atoms with Crippen LogP contribution < -0.4 is 32.4 Å².